The van der Waals surface area contributed by atoms with Gasteiger partial charge in [-0.15, -0.1) is 10.2 Å². The molecule has 3 heterocycles. The number of carbonyl (C=O) groups is 1. The van der Waals surface area contributed by atoms with Crippen molar-refractivity contribution >= 4 is 23.2 Å². The quantitative estimate of drug-likeness (QED) is 0.715. The SMILES string of the molecule is O=C(c1cc(Cl)ccc1F)N1CCC[C@H]1c1nnc2ccccn12. The molecule has 1 atom stereocenters. The first-order valence-electron chi connectivity index (χ1n) is 7.71. The Morgan fingerprint density at radius 3 is 3.00 bits per heavy atom. The lowest BCUT2D eigenvalue weighted by Gasteiger charge is -2.23. The summed E-state index contributed by atoms with van der Waals surface area (Å²) in [5, 5.41) is 8.72. The van der Waals surface area contributed by atoms with Crippen molar-refractivity contribution in [1.82, 2.24) is 19.5 Å². The molecule has 2 aromatic heterocycles. The molecule has 0 N–H and O–H groups in total. The topological polar surface area (TPSA) is 50.5 Å². The summed E-state index contributed by atoms with van der Waals surface area (Å²) >= 11 is 5.92. The van der Waals surface area contributed by atoms with Gasteiger partial charge in [0.05, 0.1) is 11.6 Å². The zero-order valence-corrected chi connectivity index (χ0v) is 13.4. The summed E-state index contributed by atoms with van der Waals surface area (Å²) in [5.41, 5.74) is 0.712. The molecule has 5 nitrogen and oxygen atoms in total. The van der Waals surface area contributed by atoms with E-state index in [1.807, 2.05) is 28.8 Å². The van der Waals surface area contributed by atoms with Gasteiger partial charge in [0.25, 0.3) is 5.91 Å². The van der Waals surface area contributed by atoms with Gasteiger partial charge in [0, 0.05) is 17.8 Å². The maximum Gasteiger partial charge on any atom is 0.257 e. The molecule has 3 aromatic rings. The molecule has 122 valence electrons. The number of fused-ring (bicyclic) bond motifs is 1. The van der Waals surface area contributed by atoms with Crippen LogP contribution in [0.15, 0.2) is 42.6 Å². The second kappa shape index (κ2) is 5.87. The highest BCUT2D eigenvalue weighted by molar-refractivity contribution is 6.31. The highest BCUT2D eigenvalue weighted by Gasteiger charge is 2.34. The Balaban J connectivity index is 1.72. The van der Waals surface area contributed by atoms with Gasteiger partial charge in [-0.3, -0.25) is 9.20 Å². The Morgan fingerprint density at radius 2 is 2.12 bits per heavy atom. The minimum Gasteiger partial charge on any atom is -0.328 e. The molecular formula is C17H14ClFN4O. The average molecular weight is 345 g/mol. The van der Waals surface area contributed by atoms with Gasteiger partial charge >= 0.3 is 0 Å². The number of hydrogen-bond donors (Lipinski definition) is 0. The summed E-state index contributed by atoms with van der Waals surface area (Å²) in [5.74, 6) is -0.245. The van der Waals surface area contributed by atoms with E-state index in [-0.39, 0.29) is 17.5 Å². The molecule has 0 aliphatic carbocycles. The standard InChI is InChI=1S/C17H14ClFN4O/c18-11-6-7-13(19)12(10-11)17(24)22-9-3-4-14(22)16-21-20-15-5-1-2-8-23(15)16/h1-2,5-8,10,14H,3-4,9H2/t14-/m0/s1. The Bertz CT molecular complexity index is 926. The van der Waals surface area contributed by atoms with Gasteiger partial charge in [-0.05, 0) is 43.2 Å². The van der Waals surface area contributed by atoms with Crippen molar-refractivity contribution in [2.24, 2.45) is 0 Å². The van der Waals surface area contributed by atoms with Crippen molar-refractivity contribution in [2.45, 2.75) is 18.9 Å². The number of carbonyl (C=O) groups excluding carboxylic acids is 1. The third-order valence-electron chi connectivity index (χ3n) is 4.31. The monoisotopic (exact) mass is 344 g/mol. The van der Waals surface area contributed by atoms with Crippen LogP contribution in [0.3, 0.4) is 0 Å². The van der Waals surface area contributed by atoms with E-state index in [0.717, 1.165) is 18.5 Å². The summed E-state index contributed by atoms with van der Waals surface area (Å²) < 4.78 is 15.9. The average Bonchev–Trinajstić information content (AvgIpc) is 3.22. The highest BCUT2D eigenvalue weighted by atomic mass is 35.5. The van der Waals surface area contributed by atoms with Crippen molar-refractivity contribution in [2.75, 3.05) is 6.54 Å². The van der Waals surface area contributed by atoms with Crippen LogP contribution in [0.1, 0.15) is 35.1 Å². The second-order valence-electron chi connectivity index (χ2n) is 5.77. The molecule has 24 heavy (non-hydrogen) atoms. The highest BCUT2D eigenvalue weighted by Crippen LogP contribution is 2.33. The summed E-state index contributed by atoms with van der Waals surface area (Å²) in [6.45, 7) is 0.553. The van der Waals surface area contributed by atoms with Crippen molar-refractivity contribution in [3.05, 3.63) is 64.8 Å². The summed E-state index contributed by atoms with van der Waals surface area (Å²) in [6.07, 6.45) is 3.47. The molecule has 0 radical (unpaired) electrons. The van der Waals surface area contributed by atoms with Crippen molar-refractivity contribution < 1.29 is 9.18 Å². The number of hydrogen-bond acceptors (Lipinski definition) is 3. The van der Waals surface area contributed by atoms with E-state index in [1.54, 1.807) is 4.90 Å². The van der Waals surface area contributed by atoms with E-state index < -0.39 is 5.82 Å². The molecular weight excluding hydrogens is 331 g/mol. The number of nitrogens with zero attached hydrogens (tertiary/aromatic N) is 4. The molecule has 0 unspecified atom stereocenters. The lowest BCUT2D eigenvalue weighted by molar-refractivity contribution is 0.0724. The molecule has 1 amide bonds. The first-order valence-corrected chi connectivity index (χ1v) is 8.08. The number of halogens is 2. The molecule has 0 bridgehead atoms. The number of benzene rings is 1. The largest absolute Gasteiger partial charge is 0.328 e. The maximum atomic E-state index is 14.1. The minimum absolute atomic E-state index is 0.0109. The number of aromatic nitrogens is 3. The minimum atomic E-state index is -0.568. The maximum absolute atomic E-state index is 14.1. The van der Waals surface area contributed by atoms with Gasteiger partial charge in [0.2, 0.25) is 0 Å². The molecule has 1 aromatic carbocycles. The fourth-order valence-corrected chi connectivity index (χ4v) is 3.35. The van der Waals surface area contributed by atoms with Gasteiger partial charge in [-0.25, -0.2) is 4.39 Å². The van der Waals surface area contributed by atoms with Gasteiger partial charge in [-0.2, -0.15) is 0 Å². The van der Waals surface area contributed by atoms with Crippen LogP contribution < -0.4 is 0 Å². The fourth-order valence-electron chi connectivity index (χ4n) is 3.18. The lowest BCUT2D eigenvalue weighted by Crippen LogP contribution is -2.32. The summed E-state index contributed by atoms with van der Waals surface area (Å²) in [6, 6.07) is 9.41. The molecule has 0 saturated carbocycles. The zero-order valence-electron chi connectivity index (χ0n) is 12.7. The fraction of sp³-hybridized carbons (Fsp3) is 0.235. The van der Waals surface area contributed by atoms with Gasteiger partial charge < -0.3 is 4.90 Å². The van der Waals surface area contributed by atoms with E-state index in [2.05, 4.69) is 10.2 Å². The van der Waals surface area contributed by atoms with E-state index in [9.17, 15) is 9.18 Å². The van der Waals surface area contributed by atoms with Crippen LogP contribution in [0.2, 0.25) is 5.02 Å². The van der Waals surface area contributed by atoms with Crippen LogP contribution in [0.4, 0.5) is 4.39 Å². The molecule has 7 heteroatoms. The van der Waals surface area contributed by atoms with E-state index in [4.69, 9.17) is 11.6 Å². The van der Waals surface area contributed by atoms with E-state index in [1.165, 1.54) is 18.2 Å². The Morgan fingerprint density at radius 1 is 1.25 bits per heavy atom. The predicted molar refractivity (Wildman–Crippen MR) is 87.4 cm³/mol. The summed E-state index contributed by atoms with van der Waals surface area (Å²) in [7, 11) is 0. The van der Waals surface area contributed by atoms with Crippen molar-refractivity contribution in [1.29, 1.82) is 0 Å². The zero-order chi connectivity index (χ0) is 16.7. The van der Waals surface area contributed by atoms with Gasteiger partial charge in [0.15, 0.2) is 11.5 Å². The van der Waals surface area contributed by atoms with E-state index in [0.29, 0.717) is 17.4 Å². The number of pyridine rings is 1. The molecule has 1 aliphatic heterocycles. The van der Waals surface area contributed by atoms with Crippen molar-refractivity contribution in [3.8, 4) is 0 Å². The number of rotatable bonds is 2. The number of likely N-dealkylation sites (tertiary alicyclic amines) is 1. The first kappa shape index (κ1) is 15.1. The normalized spacial score (nSPS) is 17.6. The van der Waals surface area contributed by atoms with E-state index >= 15 is 0 Å². The van der Waals surface area contributed by atoms with Crippen LogP contribution >= 0.6 is 11.6 Å². The van der Waals surface area contributed by atoms with Gasteiger partial charge in [-0.1, -0.05) is 17.7 Å². The van der Waals surface area contributed by atoms with Crippen LogP contribution in [0, 0.1) is 5.82 Å². The molecule has 4 rings (SSSR count). The first-order chi connectivity index (χ1) is 11.6. The predicted octanol–water partition coefficient (Wildman–Crippen LogP) is 3.50. The second-order valence-corrected chi connectivity index (χ2v) is 6.20. The third-order valence-corrected chi connectivity index (χ3v) is 4.55. The molecule has 0 spiro atoms. The van der Waals surface area contributed by atoms with Crippen molar-refractivity contribution in [3.63, 3.8) is 0 Å². The molecule has 1 aliphatic rings. The van der Waals surface area contributed by atoms with Crippen LogP contribution in [0.25, 0.3) is 5.65 Å². The smallest absolute Gasteiger partial charge is 0.257 e. The Kier molecular flexibility index (Phi) is 3.69. The van der Waals surface area contributed by atoms with Crippen LogP contribution in [-0.2, 0) is 0 Å². The molecule has 1 fully saturated rings. The Hall–Kier alpha value is -2.47. The molecule has 1 saturated heterocycles. The van der Waals surface area contributed by atoms with Gasteiger partial charge in [0.1, 0.15) is 5.82 Å². The number of amides is 1. The lowest BCUT2D eigenvalue weighted by atomic mass is 10.1. The Labute approximate surface area is 142 Å². The van der Waals surface area contributed by atoms with Crippen LogP contribution in [0.5, 0.6) is 0 Å². The summed E-state index contributed by atoms with van der Waals surface area (Å²) in [4.78, 5) is 14.5. The van der Waals surface area contributed by atoms with Crippen LogP contribution in [-0.4, -0.2) is 31.9 Å². The third kappa shape index (κ3) is 2.43.